The van der Waals surface area contributed by atoms with Gasteiger partial charge in [-0.3, -0.25) is 4.79 Å². The average Bonchev–Trinajstić information content (AvgIpc) is 3.40. The minimum atomic E-state index is -3.67. The third-order valence-electron chi connectivity index (χ3n) is 5.50. The van der Waals surface area contributed by atoms with Crippen molar-refractivity contribution in [2.75, 3.05) is 25.6 Å². The number of nitrogens with one attached hydrogen (secondary N) is 3. The first-order chi connectivity index (χ1) is 13.9. The number of amides is 1. The third kappa shape index (κ3) is 3.62. The highest BCUT2D eigenvalue weighted by Gasteiger charge is 2.36. The molecular formula is C20H24N4O4S. The molecule has 3 N–H and O–H groups in total. The molecule has 0 aliphatic carbocycles. The molecule has 2 atom stereocenters. The van der Waals surface area contributed by atoms with E-state index in [0.717, 1.165) is 17.7 Å². The van der Waals surface area contributed by atoms with Gasteiger partial charge >= 0.3 is 0 Å². The number of para-hydroxylation sites is 1. The van der Waals surface area contributed by atoms with E-state index in [1.807, 2.05) is 35.2 Å². The Hall–Kier alpha value is -2.46. The van der Waals surface area contributed by atoms with Crippen LogP contribution in [0.4, 0.5) is 5.69 Å². The van der Waals surface area contributed by atoms with Crippen molar-refractivity contribution < 1.29 is 17.9 Å². The van der Waals surface area contributed by atoms with Gasteiger partial charge in [-0.25, -0.2) is 24.0 Å². The SMILES string of the molecule is CNS(=O)(=O)c1cc(C2CC(C(=O)N3CCc4ccccc43)NN2)ccc1OC. The van der Waals surface area contributed by atoms with E-state index in [4.69, 9.17) is 4.74 Å². The first-order valence-electron chi connectivity index (χ1n) is 9.46. The lowest BCUT2D eigenvalue weighted by Crippen LogP contribution is -2.45. The molecule has 8 nitrogen and oxygen atoms in total. The molecule has 4 rings (SSSR count). The Morgan fingerprint density at radius 1 is 1.21 bits per heavy atom. The van der Waals surface area contributed by atoms with Gasteiger partial charge in [0, 0.05) is 18.3 Å². The van der Waals surface area contributed by atoms with Crippen molar-refractivity contribution in [3.63, 3.8) is 0 Å². The molecule has 2 unspecified atom stereocenters. The van der Waals surface area contributed by atoms with Gasteiger partial charge in [0.15, 0.2) is 0 Å². The van der Waals surface area contributed by atoms with Crippen molar-refractivity contribution in [3.05, 3.63) is 53.6 Å². The summed E-state index contributed by atoms with van der Waals surface area (Å²) in [7, 11) is -0.875. The maximum Gasteiger partial charge on any atom is 0.245 e. The molecule has 29 heavy (non-hydrogen) atoms. The molecule has 0 bridgehead atoms. The van der Waals surface area contributed by atoms with E-state index in [2.05, 4.69) is 15.6 Å². The van der Waals surface area contributed by atoms with E-state index in [0.29, 0.717) is 13.0 Å². The van der Waals surface area contributed by atoms with E-state index < -0.39 is 16.1 Å². The Bertz CT molecular complexity index is 1040. The summed E-state index contributed by atoms with van der Waals surface area (Å²) in [5, 5.41) is 0. The number of anilines is 1. The van der Waals surface area contributed by atoms with Crippen LogP contribution < -0.4 is 25.2 Å². The van der Waals surface area contributed by atoms with Gasteiger partial charge < -0.3 is 9.64 Å². The maximum atomic E-state index is 13.1. The number of hydrogen-bond acceptors (Lipinski definition) is 6. The second-order valence-corrected chi connectivity index (χ2v) is 8.97. The quantitative estimate of drug-likeness (QED) is 0.675. The molecule has 1 saturated heterocycles. The molecule has 0 spiro atoms. The molecule has 0 saturated carbocycles. The minimum Gasteiger partial charge on any atom is -0.495 e. The average molecular weight is 417 g/mol. The standard InChI is InChI=1S/C20H24N4O4S/c1-21-29(26,27)19-11-14(7-8-18(19)28-2)15-12-16(23-22-15)20(25)24-10-9-13-5-3-4-6-17(13)24/h3-8,11,15-16,21-23H,9-10,12H2,1-2H3. The molecule has 2 aliphatic rings. The molecule has 2 aliphatic heterocycles. The first kappa shape index (κ1) is 19.8. The molecule has 2 heterocycles. The van der Waals surface area contributed by atoms with E-state index in [1.54, 1.807) is 12.1 Å². The topological polar surface area (TPSA) is 99.8 Å². The van der Waals surface area contributed by atoms with Crippen molar-refractivity contribution in [1.82, 2.24) is 15.6 Å². The molecule has 0 aromatic heterocycles. The highest BCUT2D eigenvalue weighted by atomic mass is 32.2. The normalized spacial score (nSPS) is 21.2. The van der Waals surface area contributed by atoms with Crippen molar-refractivity contribution in [1.29, 1.82) is 0 Å². The Labute approximate surface area is 170 Å². The number of hydrogen-bond donors (Lipinski definition) is 3. The number of carbonyl (C=O) groups excluding carboxylic acids is 1. The first-order valence-corrected chi connectivity index (χ1v) is 10.9. The monoisotopic (exact) mass is 416 g/mol. The second kappa shape index (κ2) is 7.75. The molecule has 9 heteroatoms. The molecule has 0 radical (unpaired) electrons. The summed E-state index contributed by atoms with van der Waals surface area (Å²) < 4.78 is 32.2. The lowest BCUT2D eigenvalue weighted by molar-refractivity contribution is -0.120. The molecular weight excluding hydrogens is 392 g/mol. The molecule has 1 amide bonds. The van der Waals surface area contributed by atoms with Crippen LogP contribution in [-0.2, 0) is 21.2 Å². The zero-order chi connectivity index (χ0) is 20.6. The largest absolute Gasteiger partial charge is 0.495 e. The van der Waals surface area contributed by atoms with Crippen LogP contribution in [0.2, 0.25) is 0 Å². The highest BCUT2D eigenvalue weighted by Crippen LogP contribution is 2.32. The van der Waals surface area contributed by atoms with Gasteiger partial charge in [-0.15, -0.1) is 0 Å². The molecule has 1 fully saturated rings. The van der Waals surface area contributed by atoms with E-state index in [1.165, 1.54) is 19.7 Å². The summed E-state index contributed by atoms with van der Waals surface area (Å²) >= 11 is 0. The fourth-order valence-corrected chi connectivity index (χ4v) is 4.85. The molecule has 2 aromatic carbocycles. The van der Waals surface area contributed by atoms with Crippen LogP contribution in [0.25, 0.3) is 0 Å². The second-order valence-electron chi connectivity index (χ2n) is 7.12. The van der Waals surface area contributed by atoms with E-state index >= 15 is 0 Å². The zero-order valence-corrected chi connectivity index (χ0v) is 17.1. The Balaban J connectivity index is 1.53. The van der Waals surface area contributed by atoms with Crippen LogP contribution in [-0.4, -0.2) is 41.1 Å². The lowest BCUT2D eigenvalue weighted by atomic mass is 10.0. The third-order valence-corrected chi connectivity index (χ3v) is 6.94. The van der Waals surface area contributed by atoms with Gasteiger partial charge in [-0.05, 0) is 49.2 Å². The van der Waals surface area contributed by atoms with E-state index in [9.17, 15) is 13.2 Å². The summed E-state index contributed by atoms with van der Waals surface area (Å²) in [6.07, 6.45) is 1.37. The van der Waals surface area contributed by atoms with Crippen LogP contribution in [0.1, 0.15) is 23.6 Å². The summed E-state index contributed by atoms with van der Waals surface area (Å²) in [6.45, 7) is 0.675. The number of benzene rings is 2. The number of sulfonamides is 1. The van der Waals surface area contributed by atoms with Crippen LogP contribution in [0, 0.1) is 0 Å². The predicted octanol–water partition coefficient (Wildman–Crippen LogP) is 1.10. The van der Waals surface area contributed by atoms with Gasteiger partial charge in [-0.1, -0.05) is 24.3 Å². The van der Waals surface area contributed by atoms with Crippen LogP contribution >= 0.6 is 0 Å². The van der Waals surface area contributed by atoms with Crippen LogP contribution in [0.5, 0.6) is 5.75 Å². The summed E-state index contributed by atoms with van der Waals surface area (Å²) in [5.74, 6) is 0.289. The Kier molecular flexibility index (Phi) is 5.30. The minimum absolute atomic E-state index is 0.0153. The zero-order valence-electron chi connectivity index (χ0n) is 16.3. The summed E-state index contributed by atoms with van der Waals surface area (Å²) in [5.41, 5.74) is 9.12. The van der Waals surface area contributed by atoms with Gasteiger partial charge in [0.25, 0.3) is 0 Å². The van der Waals surface area contributed by atoms with Crippen molar-refractivity contribution >= 4 is 21.6 Å². The highest BCUT2D eigenvalue weighted by molar-refractivity contribution is 7.89. The van der Waals surface area contributed by atoms with Gasteiger partial charge in [0.05, 0.1) is 7.11 Å². The fraction of sp³-hybridized carbons (Fsp3) is 0.350. The maximum absolute atomic E-state index is 13.1. The number of nitrogens with zero attached hydrogens (tertiary/aromatic N) is 1. The number of methoxy groups -OCH3 is 1. The predicted molar refractivity (Wildman–Crippen MR) is 109 cm³/mol. The van der Waals surface area contributed by atoms with Crippen LogP contribution in [0.15, 0.2) is 47.4 Å². The smallest absolute Gasteiger partial charge is 0.245 e. The summed E-state index contributed by atoms with van der Waals surface area (Å²) in [6, 6.07) is 12.4. The van der Waals surface area contributed by atoms with Crippen molar-refractivity contribution in [2.24, 2.45) is 0 Å². The number of ether oxygens (including phenoxy) is 1. The number of rotatable bonds is 5. The molecule has 154 valence electrons. The van der Waals surface area contributed by atoms with Gasteiger partial charge in [-0.2, -0.15) is 0 Å². The Morgan fingerprint density at radius 2 is 2.00 bits per heavy atom. The van der Waals surface area contributed by atoms with Crippen LogP contribution in [0.3, 0.4) is 0 Å². The number of fused-ring (bicyclic) bond motifs is 1. The number of carbonyl (C=O) groups is 1. The van der Waals surface area contributed by atoms with Gasteiger partial charge in [0.2, 0.25) is 15.9 Å². The fourth-order valence-electron chi connectivity index (χ4n) is 3.92. The van der Waals surface area contributed by atoms with E-state index in [-0.39, 0.29) is 22.6 Å². The summed E-state index contributed by atoms with van der Waals surface area (Å²) in [4.78, 5) is 15.0. The van der Waals surface area contributed by atoms with Crippen molar-refractivity contribution in [3.8, 4) is 5.75 Å². The lowest BCUT2D eigenvalue weighted by Gasteiger charge is -2.21. The number of hydrazine groups is 1. The van der Waals surface area contributed by atoms with Gasteiger partial charge in [0.1, 0.15) is 16.7 Å². The Morgan fingerprint density at radius 3 is 2.76 bits per heavy atom. The molecule has 2 aromatic rings. The van der Waals surface area contributed by atoms with Crippen molar-refractivity contribution in [2.45, 2.75) is 29.8 Å².